The van der Waals surface area contributed by atoms with Gasteiger partial charge in [0.05, 0.1) is 11.7 Å². The Morgan fingerprint density at radius 1 is 1.13 bits per heavy atom. The molecular formula is C18H17N3O2. The highest BCUT2D eigenvalue weighted by molar-refractivity contribution is 6.00. The Morgan fingerprint density at radius 3 is 2.52 bits per heavy atom. The van der Waals surface area contributed by atoms with Crippen LogP contribution >= 0.6 is 0 Å². The molecule has 116 valence electrons. The highest BCUT2D eigenvalue weighted by Crippen LogP contribution is 2.26. The third kappa shape index (κ3) is 3.13. The van der Waals surface area contributed by atoms with E-state index in [0.717, 1.165) is 11.1 Å². The van der Waals surface area contributed by atoms with Gasteiger partial charge in [-0.3, -0.25) is 9.78 Å². The van der Waals surface area contributed by atoms with Crippen LogP contribution in [0.3, 0.4) is 0 Å². The zero-order valence-corrected chi connectivity index (χ0v) is 13.0. The Balaban J connectivity index is 1.87. The molecule has 0 spiro atoms. The van der Waals surface area contributed by atoms with Gasteiger partial charge in [0, 0.05) is 18.0 Å². The lowest BCUT2D eigenvalue weighted by molar-refractivity contribution is 0.0939. The first-order chi connectivity index (χ1) is 11.2. The van der Waals surface area contributed by atoms with Gasteiger partial charge in [-0.1, -0.05) is 35.5 Å². The first-order valence-corrected chi connectivity index (χ1v) is 7.39. The number of nitrogens with one attached hydrogen (secondary N) is 1. The second kappa shape index (κ2) is 6.44. The summed E-state index contributed by atoms with van der Waals surface area (Å²) in [5.74, 6) is 0.259. The zero-order chi connectivity index (χ0) is 16.2. The van der Waals surface area contributed by atoms with Gasteiger partial charge in [-0.15, -0.1) is 0 Å². The van der Waals surface area contributed by atoms with Gasteiger partial charge in [-0.25, -0.2) is 0 Å². The molecule has 3 rings (SSSR count). The Hall–Kier alpha value is -2.95. The molecule has 0 aliphatic rings. The Labute approximate surface area is 134 Å². The first kappa shape index (κ1) is 15.0. The van der Waals surface area contributed by atoms with E-state index < -0.39 is 0 Å². The maximum absolute atomic E-state index is 12.7. The lowest BCUT2D eigenvalue weighted by atomic mass is 10.1. The SMILES string of the molecule is Cc1noc(-c2ccncc2)c1C(=O)N[C@@H](C)c1ccccc1. The van der Waals surface area contributed by atoms with Gasteiger partial charge in [0.1, 0.15) is 5.56 Å². The van der Waals surface area contributed by atoms with E-state index in [2.05, 4.69) is 15.5 Å². The van der Waals surface area contributed by atoms with Crippen molar-refractivity contribution in [3.05, 3.63) is 71.7 Å². The molecule has 1 amide bonds. The maximum atomic E-state index is 12.7. The number of aromatic nitrogens is 2. The lowest BCUT2D eigenvalue weighted by Crippen LogP contribution is -2.27. The third-order valence-corrected chi connectivity index (χ3v) is 3.68. The van der Waals surface area contributed by atoms with Crippen molar-refractivity contribution >= 4 is 5.91 Å². The van der Waals surface area contributed by atoms with Crippen LogP contribution in [0.4, 0.5) is 0 Å². The topological polar surface area (TPSA) is 68.0 Å². The van der Waals surface area contributed by atoms with E-state index >= 15 is 0 Å². The molecule has 3 aromatic rings. The number of amides is 1. The second-order valence-corrected chi connectivity index (χ2v) is 5.31. The van der Waals surface area contributed by atoms with E-state index in [1.54, 1.807) is 31.5 Å². The summed E-state index contributed by atoms with van der Waals surface area (Å²) in [7, 11) is 0. The van der Waals surface area contributed by atoms with Gasteiger partial charge in [0.15, 0.2) is 5.76 Å². The van der Waals surface area contributed by atoms with E-state index in [9.17, 15) is 4.79 Å². The predicted molar refractivity (Wildman–Crippen MR) is 86.8 cm³/mol. The molecule has 0 radical (unpaired) electrons. The fourth-order valence-corrected chi connectivity index (χ4v) is 2.43. The molecule has 0 aliphatic carbocycles. The molecule has 5 nitrogen and oxygen atoms in total. The van der Waals surface area contributed by atoms with Gasteiger partial charge in [0.2, 0.25) is 0 Å². The average Bonchev–Trinajstić information content (AvgIpc) is 2.98. The number of pyridine rings is 1. The van der Waals surface area contributed by atoms with Crippen LogP contribution in [-0.2, 0) is 0 Å². The highest BCUT2D eigenvalue weighted by Gasteiger charge is 2.23. The molecule has 0 unspecified atom stereocenters. The van der Waals surface area contributed by atoms with Crippen LogP contribution in [0, 0.1) is 6.92 Å². The number of benzene rings is 1. The smallest absolute Gasteiger partial charge is 0.257 e. The summed E-state index contributed by atoms with van der Waals surface area (Å²) >= 11 is 0. The Kier molecular flexibility index (Phi) is 4.19. The minimum absolute atomic E-state index is 0.108. The molecule has 0 bridgehead atoms. The van der Waals surface area contributed by atoms with E-state index in [1.807, 2.05) is 37.3 Å². The molecular weight excluding hydrogens is 290 g/mol. The summed E-state index contributed by atoms with van der Waals surface area (Å²) < 4.78 is 5.35. The van der Waals surface area contributed by atoms with E-state index in [4.69, 9.17) is 4.52 Å². The highest BCUT2D eigenvalue weighted by atomic mass is 16.5. The van der Waals surface area contributed by atoms with Crippen LogP contribution in [0.2, 0.25) is 0 Å². The molecule has 1 N–H and O–H groups in total. The molecule has 0 saturated heterocycles. The largest absolute Gasteiger partial charge is 0.355 e. The van der Waals surface area contributed by atoms with E-state index in [1.165, 1.54) is 0 Å². The number of nitrogens with zero attached hydrogens (tertiary/aromatic N) is 2. The minimum atomic E-state index is -0.202. The quantitative estimate of drug-likeness (QED) is 0.800. The summed E-state index contributed by atoms with van der Waals surface area (Å²) in [5.41, 5.74) is 2.84. The van der Waals surface area contributed by atoms with Crippen molar-refractivity contribution in [3.63, 3.8) is 0 Å². The molecule has 1 aromatic carbocycles. The van der Waals surface area contributed by atoms with Crippen molar-refractivity contribution in [1.29, 1.82) is 0 Å². The first-order valence-electron chi connectivity index (χ1n) is 7.39. The van der Waals surface area contributed by atoms with Crippen molar-refractivity contribution in [1.82, 2.24) is 15.5 Å². The molecule has 0 saturated carbocycles. The van der Waals surface area contributed by atoms with Crippen LogP contribution < -0.4 is 5.32 Å². The molecule has 2 heterocycles. The van der Waals surface area contributed by atoms with Gasteiger partial charge >= 0.3 is 0 Å². The number of carbonyl (C=O) groups is 1. The lowest BCUT2D eigenvalue weighted by Gasteiger charge is -2.14. The number of aryl methyl sites for hydroxylation is 1. The summed E-state index contributed by atoms with van der Waals surface area (Å²) in [6.45, 7) is 3.71. The molecule has 0 aliphatic heterocycles. The molecule has 2 aromatic heterocycles. The van der Waals surface area contributed by atoms with Crippen molar-refractivity contribution in [2.45, 2.75) is 19.9 Å². The number of rotatable bonds is 4. The summed E-state index contributed by atoms with van der Waals surface area (Å²) in [5, 5.41) is 6.93. The van der Waals surface area contributed by atoms with Crippen molar-refractivity contribution in [2.75, 3.05) is 0 Å². The standard InChI is InChI=1S/C18H17N3O2/c1-12(14-6-4-3-5-7-14)20-18(22)16-13(2)21-23-17(16)15-8-10-19-11-9-15/h3-12H,1-2H3,(H,20,22)/t12-/m0/s1. The van der Waals surface area contributed by atoms with Gasteiger partial charge in [-0.2, -0.15) is 0 Å². The monoisotopic (exact) mass is 307 g/mol. The summed E-state index contributed by atoms with van der Waals surface area (Å²) in [6, 6.07) is 13.3. The average molecular weight is 307 g/mol. The van der Waals surface area contributed by atoms with Gasteiger partial charge in [-0.05, 0) is 31.5 Å². The van der Waals surface area contributed by atoms with Crippen molar-refractivity contribution < 1.29 is 9.32 Å². The predicted octanol–water partition coefficient (Wildman–Crippen LogP) is 3.54. The maximum Gasteiger partial charge on any atom is 0.257 e. The van der Waals surface area contributed by atoms with Gasteiger partial charge in [0.25, 0.3) is 5.91 Å². The minimum Gasteiger partial charge on any atom is -0.355 e. The fraction of sp³-hybridized carbons (Fsp3) is 0.167. The molecule has 5 heteroatoms. The zero-order valence-electron chi connectivity index (χ0n) is 13.0. The van der Waals surface area contributed by atoms with Crippen LogP contribution in [0.5, 0.6) is 0 Å². The normalized spacial score (nSPS) is 11.9. The molecule has 0 fully saturated rings. The Morgan fingerprint density at radius 2 is 1.83 bits per heavy atom. The Bertz CT molecular complexity index is 798. The van der Waals surface area contributed by atoms with Crippen molar-refractivity contribution in [3.8, 4) is 11.3 Å². The fourth-order valence-electron chi connectivity index (χ4n) is 2.43. The summed E-state index contributed by atoms with van der Waals surface area (Å²) in [6.07, 6.45) is 3.31. The van der Waals surface area contributed by atoms with Crippen LogP contribution in [0.15, 0.2) is 59.4 Å². The van der Waals surface area contributed by atoms with Gasteiger partial charge < -0.3 is 9.84 Å². The third-order valence-electron chi connectivity index (χ3n) is 3.68. The van der Waals surface area contributed by atoms with Crippen LogP contribution in [0.1, 0.15) is 34.6 Å². The number of hydrogen-bond acceptors (Lipinski definition) is 4. The summed E-state index contributed by atoms with van der Waals surface area (Å²) in [4.78, 5) is 16.7. The van der Waals surface area contributed by atoms with Crippen LogP contribution in [0.25, 0.3) is 11.3 Å². The van der Waals surface area contributed by atoms with Crippen LogP contribution in [-0.4, -0.2) is 16.0 Å². The number of hydrogen-bond donors (Lipinski definition) is 1. The van der Waals surface area contributed by atoms with E-state index in [-0.39, 0.29) is 11.9 Å². The van der Waals surface area contributed by atoms with E-state index in [0.29, 0.717) is 17.0 Å². The second-order valence-electron chi connectivity index (χ2n) is 5.31. The molecule has 23 heavy (non-hydrogen) atoms. The number of carbonyl (C=O) groups excluding carboxylic acids is 1. The molecule has 1 atom stereocenters. The van der Waals surface area contributed by atoms with Crippen molar-refractivity contribution in [2.24, 2.45) is 0 Å².